The van der Waals surface area contributed by atoms with Crippen LogP contribution in [0.2, 0.25) is 0 Å². The highest BCUT2D eigenvalue weighted by Gasteiger charge is 2.11. The topological polar surface area (TPSA) is 46.5 Å². The molecular weight excluding hydrogens is 228 g/mol. The molecule has 0 aliphatic rings. The van der Waals surface area contributed by atoms with Crippen LogP contribution in [0, 0.1) is 0 Å². The van der Waals surface area contributed by atoms with Crippen LogP contribution < -0.4 is 4.74 Å². The fraction of sp³-hybridized carbons (Fsp3) is 0.400. The monoisotopic (exact) mass is 248 g/mol. The Morgan fingerprint density at radius 3 is 2.44 bits per heavy atom. The number of methoxy groups -OCH3 is 1. The number of carboxylic acids is 1. The van der Waals surface area contributed by atoms with Crippen LogP contribution in [0.3, 0.4) is 0 Å². The summed E-state index contributed by atoms with van der Waals surface area (Å²) >= 11 is 0. The van der Waals surface area contributed by atoms with Gasteiger partial charge in [-0.1, -0.05) is 19.9 Å². The zero-order chi connectivity index (χ0) is 13.7. The Morgan fingerprint density at radius 1 is 1.33 bits per heavy atom. The Bertz CT molecular complexity index is 473. The second-order valence-electron chi connectivity index (χ2n) is 4.14. The first kappa shape index (κ1) is 14.3. The quantitative estimate of drug-likeness (QED) is 0.811. The van der Waals surface area contributed by atoms with Crippen molar-refractivity contribution >= 4 is 11.5 Å². The molecule has 18 heavy (non-hydrogen) atoms. The summed E-state index contributed by atoms with van der Waals surface area (Å²) in [6, 6.07) is 5.84. The van der Waals surface area contributed by atoms with Gasteiger partial charge in [-0.15, -0.1) is 0 Å². The van der Waals surface area contributed by atoms with E-state index in [9.17, 15) is 4.79 Å². The van der Waals surface area contributed by atoms with Gasteiger partial charge >= 0.3 is 5.97 Å². The molecule has 0 saturated carbocycles. The number of aryl methyl sites for hydroxylation is 1. The predicted octanol–water partition coefficient (Wildman–Crippen LogP) is 3.53. The summed E-state index contributed by atoms with van der Waals surface area (Å²) in [6.45, 7) is 5.68. The molecule has 1 rings (SSSR count). The number of allylic oxidation sites excluding steroid dienone is 1. The Balaban J connectivity index is 3.32. The molecule has 0 atom stereocenters. The summed E-state index contributed by atoms with van der Waals surface area (Å²) < 4.78 is 5.28. The van der Waals surface area contributed by atoms with Gasteiger partial charge in [0.2, 0.25) is 0 Å². The van der Waals surface area contributed by atoms with E-state index in [2.05, 4.69) is 6.92 Å². The number of benzene rings is 1. The van der Waals surface area contributed by atoms with E-state index < -0.39 is 5.97 Å². The second-order valence-corrected chi connectivity index (χ2v) is 4.14. The third-order valence-corrected chi connectivity index (χ3v) is 3.14. The highest BCUT2D eigenvalue weighted by atomic mass is 16.5. The van der Waals surface area contributed by atoms with Crippen LogP contribution in [0.1, 0.15) is 38.3 Å². The smallest absolute Gasteiger partial charge is 0.331 e. The number of aliphatic carboxylic acids is 1. The van der Waals surface area contributed by atoms with Crippen molar-refractivity contribution in [3.63, 3.8) is 0 Å². The number of hydrogen-bond donors (Lipinski definition) is 1. The van der Waals surface area contributed by atoms with Gasteiger partial charge in [0.15, 0.2) is 0 Å². The molecule has 1 aromatic carbocycles. The van der Waals surface area contributed by atoms with Crippen LogP contribution >= 0.6 is 0 Å². The van der Waals surface area contributed by atoms with Gasteiger partial charge in [-0.3, -0.25) is 0 Å². The van der Waals surface area contributed by atoms with Gasteiger partial charge in [0.1, 0.15) is 5.75 Å². The van der Waals surface area contributed by atoms with Gasteiger partial charge in [0.25, 0.3) is 0 Å². The summed E-state index contributed by atoms with van der Waals surface area (Å²) in [5, 5.41) is 9.09. The minimum absolute atomic E-state index is 0.407. The summed E-state index contributed by atoms with van der Waals surface area (Å²) in [5.41, 5.74) is 3.35. The van der Waals surface area contributed by atoms with Crippen LogP contribution in [0.25, 0.3) is 5.57 Å². The SMILES string of the molecule is CC/C(=C(/C)C(=O)O)c1ccc(OC)c(CC)c1. The van der Waals surface area contributed by atoms with Gasteiger partial charge in [-0.2, -0.15) is 0 Å². The molecular formula is C15H20O3. The molecule has 0 aliphatic heterocycles. The Hall–Kier alpha value is -1.77. The van der Waals surface area contributed by atoms with E-state index in [0.29, 0.717) is 12.0 Å². The summed E-state index contributed by atoms with van der Waals surface area (Å²) in [4.78, 5) is 11.1. The Labute approximate surface area is 108 Å². The highest BCUT2D eigenvalue weighted by molar-refractivity contribution is 5.95. The van der Waals surface area contributed by atoms with E-state index in [1.54, 1.807) is 14.0 Å². The fourth-order valence-corrected chi connectivity index (χ4v) is 2.06. The average molecular weight is 248 g/mol. The van der Waals surface area contributed by atoms with E-state index >= 15 is 0 Å². The minimum atomic E-state index is -0.860. The van der Waals surface area contributed by atoms with Crippen LogP contribution in [0.15, 0.2) is 23.8 Å². The maximum Gasteiger partial charge on any atom is 0.331 e. The van der Waals surface area contributed by atoms with Crippen molar-refractivity contribution in [2.45, 2.75) is 33.6 Å². The van der Waals surface area contributed by atoms with Crippen molar-refractivity contribution in [2.24, 2.45) is 0 Å². The second kappa shape index (κ2) is 6.24. The summed E-state index contributed by atoms with van der Waals surface area (Å²) in [7, 11) is 1.65. The molecule has 3 heteroatoms. The molecule has 0 saturated heterocycles. The first-order chi connectivity index (χ1) is 8.54. The summed E-state index contributed by atoms with van der Waals surface area (Å²) in [5.74, 6) is -0.00889. The molecule has 0 unspecified atom stereocenters. The molecule has 0 heterocycles. The minimum Gasteiger partial charge on any atom is -0.496 e. The normalized spacial score (nSPS) is 12.0. The van der Waals surface area contributed by atoms with Crippen LogP contribution in [0.5, 0.6) is 5.75 Å². The van der Waals surface area contributed by atoms with Crippen molar-refractivity contribution in [1.29, 1.82) is 0 Å². The third-order valence-electron chi connectivity index (χ3n) is 3.14. The van der Waals surface area contributed by atoms with Gasteiger partial charge < -0.3 is 9.84 Å². The standard InChI is InChI=1S/C15H20O3/c1-5-11-9-12(7-8-14(11)18-4)13(6-2)10(3)15(16)17/h7-9H,5-6H2,1-4H3,(H,16,17)/b13-10+. The molecule has 0 amide bonds. The van der Waals surface area contributed by atoms with E-state index in [4.69, 9.17) is 9.84 Å². The lowest BCUT2D eigenvalue weighted by Crippen LogP contribution is -2.01. The van der Waals surface area contributed by atoms with Crippen molar-refractivity contribution in [2.75, 3.05) is 7.11 Å². The Morgan fingerprint density at radius 2 is 2.00 bits per heavy atom. The van der Waals surface area contributed by atoms with Gasteiger partial charge in [-0.05, 0) is 48.6 Å². The lowest BCUT2D eigenvalue weighted by atomic mass is 9.96. The Kier molecular flexibility index (Phi) is 4.95. The van der Waals surface area contributed by atoms with Crippen LogP contribution in [-0.4, -0.2) is 18.2 Å². The van der Waals surface area contributed by atoms with Crippen molar-refractivity contribution < 1.29 is 14.6 Å². The maximum absolute atomic E-state index is 11.1. The van der Waals surface area contributed by atoms with Crippen molar-refractivity contribution in [3.05, 3.63) is 34.9 Å². The summed E-state index contributed by atoms with van der Waals surface area (Å²) in [6.07, 6.45) is 1.56. The molecule has 1 aromatic rings. The first-order valence-electron chi connectivity index (χ1n) is 6.15. The lowest BCUT2D eigenvalue weighted by Gasteiger charge is -2.12. The average Bonchev–Trinajstić information content (AvgIpc) is 2.39. The van der Waals surface area contributed by atoms with Crippen molar-refractivity contribution in [3.8, 4) is 5.75 Å². The molecule has 0 spiro atoms. The number of hydrogen-bond acceptors (Lipinski definition) is 2. The number of carboxylic acid groups (broad SMARTS) is 1. The van der Waals surface area contributed by atoms with E-state index in [-0.39, 0.29) is 0 Å². The van der Waals surface area contributed by atoms with E-state index in [0.717, 1.165) is 28.9 Å². The predicted molar refractivity (Wildman–Crippen MR) is 72.9 cm³/mol. The number of ether oxygens (including phenoxy) is 1. The van der Waals surface area contributed by atoms with Crippen LogP contribution in [0.4, 0.5) is 0 Å². The molecule has 0 aromatic heterocycles. The maximum atomic E-state index is 11.1. The molecule has 98 valence electrons. The van der Waals surface area contributed by atoms with E-state index in [1.165, 1.54) is 0 Å². The highest BCUT2D eigenvalue weighted by Crippen LogP contribution is 2.28. The van der Waals surface area contributed by atoms with E-state index in [1.807, 2.05) is 25.1 Å². The first-order valence-corrected chi connectivity index (χ1v) is 6.15. The largest absolute Gasteiger partial charge is 0.496 e. The van der Waals surface area contributed by atoms with Gasteiger partial charge in [0.05, 0.1) is 7.11 Å². The number of rotatable bonds is 5. The zero-order valence-corrected chi connectivity index (χ0v) is 11.4. The molecule has 1 N–H and O–H groups in total. The lowest BCUT2D eigenvalue weighted by molar-refractivity contribution is -0.132. The van der Waals surface area contributed by atoms with Gasteiger partial charge in [-0.25, -0.2) is 4.79 Å². The fourth-order valence-electron chi connectivity index (χ4n) is 2.06. The molecule has 0 radical (unpaired) electrons. The zero-order valence-electron chi connectivity index (χ0n) is 11.4. The van der Waals surface area contributed by atoms with Crippen LogP contribution in [-0.2, 0) is 11.2 Å². The molecule has 0 aliphatic carbocycles. The van der Waals surface area contributed by atoms with Crippen molar-refractivity contribution in [1.82, 2.24) is 0 Å². The molecule has 0 fully saturated rings. The van der Waals surface area contributed by atoms with Gasteiger partial charge in [0, 0.05) is 5.57 Å². The number of carbonyl (C=O) groups is 1. The molecule has 3 nitrogen and oxygen atoms in total. The molecule has 0 bridgehead atoms. The third kappa shape index (κ3) is 2.92.